The molecule has 0 aromatic carbocycles. The van der Waals surface area contributed by atoms with Crippen molar-refractivity contribution in [2.45, 2.75) is 58.5 Å². The highest BCUT2D eigenvalue weighted by Crippen LogP contribution is 2.38. The van der Waals surface area contributed by atoms with E-state index in [1.165, 1.54) is 0 Å². The van der Waals surface area contributed by atoms with E-state index in [1.54, 1.807) is 0 Å². The monoisotopic (exact) mass is 237 g/mol. The first kappa shape index (κ1) is 12.4. The second-order valence-electron chi connectivity index (χ2n) is 5.90. The Bertz CT molecular complexity index is 351. The van der Waals surface area contributed by atoms with Crippen LogP contribution in [0.15, 0.2) is 4.99 Å². The van der Waals surface area contributed by atoms with Gasteiger partial charge >= 0.3 is 0 Å². The first-order chi connectivity index (χ1) is 7.94. The van der Waals surface area contributed by atoms with E-state index < -0.39 is 5.54 Å². The average molecular weight is 237 g/mol. The molecule has 1 aliphatic carbocycles. The van der Waals surface area contributed by atoms with E-state index in [9.17, 15) is 4.79 Å². The molecular formula is C13H23N3O. The Labute approximate surface area is 103 Å². The molecule has 3 atom stereocenters. The number of guanidine groups is 1. The molecule has 0 aromatic heterocycles. The van der Waals surface area contributed by atoms with Gasteiger partial charge in [0, 0.05) is 6.04 Å². The van der Waals surface area contributed by atoms with Gasteiger partial charge in [0.05, 0.1) is 0 Å². The van der Waals surface area contributed by atoms with Gasteiger partial charge in [0.1, 0.15) is 5.54 Å². The van der Waals surface area contributed by atoms with Crippen molar-refractivity contribution in [3.05, 3.63) is 0 Å². The maximum Gasteiger partial charge on any atom is 0.252 e. The number of hydrogen-bond acceptors (Lipinski definition) is 2. The van der Waals surface area contributed by atoms with Crippen LogP contribution in [0.3, 0.4) is 0 Å². The second kappa shape index (κ2) is 4.31. The van der Waals surface area contributed by atoms with Crippen LogP contribution in [0.5, 0.6) is 0 Å². The second-order valence-corrected chi connectivity index (χ2v) is 5.90. The van der Waals surface area contributed by atoms with Crippen LogP contribution < -0.4 is 10.6 Å². The molecule has 96 valence electrons. The van der Waals surface area contributed by atoms with E-state index in [0.717, 1.165) is 25.2 Å². The Morgan fingerprint density at radius 3 is 2.71 bits per heavy atom. The zero-order chi connectivity index (χ0) is 12.6. The Morgan fingerprint density at radius 2 is 2.12 bits per heavy atom. The number of nitrogens with one attached hydrogen (secondary N) is 2. The Balaban J connectivity index is 2.19. The summed E-state index contributed by atoms with van der Waals surface area (Å²) in [5, 5.41) is 6.24. The summed E-state index contributed by atoms with van der Waals surface area (Å²) in [6.45, 7) is 8.45. The summed E-state index contributed by atoms with van der Waals surface area (Å²) >= 11 is 0. The largest absolute Gasteiger partial charge is 0.341 e. The van der Waals surface area contributed by atoms with Gasteiger partial charge in [-0.2, -0.15) is 0 Å². The van der Waals surface area contributed by atoms with E-state index in [1.807, 2.05) is 13.8 Å². The highest BCUT2D eigenvalue weighted by molar-refractivity contribution is 6.09. The molecule has 1 heterocycles. The standard InChI is InChI=1S/C13H23N3O/c1-8(2)14-12-15-11(17)13(16-12)6-5-9(3)7-10(13)4/h8-10H,5-7H2,1-4H3,(H2,14,15,16,17). The predicted molar refractivity (Wildman–Crippen MR) is 68.8 cm³/mol. The first-order valence-corrected chi connectivity index (χ1v) is 6.61. The van der Waals surface area contributed by atoms with Crippen molar-refractivity contribution in [2.75, 3.05) is 0 Å². The minimum atomic E-state index is -0.403. The van der Waals surface area contributed by atoms with Crippen molar-refractivity contribution >= 4 is 11.9 Å². The number of carbonyl (C=O) groups is 1. The van der Waals surface area contributed by atoms with Crippen LogP contribution in [0.25, 0.3) is 0 Å². The van der Waals surface area contributed by atoms with Gasteiger partial charge in [0.2, 0.25) is 0 Å². The van der Waals surface area contributed by atoms with Gasteiger partial charge in [-0.05, 0) is 44.9 Å². The summed E-state index contributed by atoms with van der Waals surface area (Å²) < 4.78 is 0. The fraction of sp³-hybridized carbons (Fsp3) is 0.846. The number of rotatable bonds is 1. The lowest BCUT2D eigenvalue weighted by Crippen LogP contribution is -2.54. The molecule has 1 amide bonds. The van der Waals surface area contributed by atoms with Gasteiger partial charge < -0.3 is 5.32 Å². The molecule has 0 aromatic rings. The summed E-state index contributed by atoms with van der Waals surface area (Å²) in [4.78, 5) is 16.6. The van der Waals surface area contributed by atoms with Gasteiger partial charge in [-0.3, -0.25) is 15.1 Å². The van der Waals surface area contributed by atoms with Crippen LogP contribution in [0.1, 0.15) is 47.0 Å². The van der Waals surface area contributed by atoms with Crippen LogP contribution >= 0.6 is 0 Å². The number of aliphatic imine (C=N–C) groups is 1. The molecule has 4 heteroatoms. The molecule has 2 fully saturated rings. The van der Waals surface area contributed by atoms with Crippen molar-refractivity contribution in [1.29, 1.82) is 0 Å². The summed E-state index contributed by atoms with van der Waals surface area (Å²) in [6.07, 6.45) is 3.13. The molecule has 1 spiro atoms. The fourth-order valence-electron chi connectivity index (χ4n) is 3.01. The van der Waals surface area contributed by atoms with Crippen molar-refractivity contribution < 1.29 is 4.79 Å². The Hall–Kier alpha value is -1.06. The van der Waals surface area contributed by atoms with Crippen LogP contribution in [0.2, 0.25) is 0 Å². The Morgan fingerprint density at radius 1 is 1.41 bits per heavy atom. The van der Waals surface area contributed by atoms with Crippen LogP contribution in [0.4, 0.5) is 0 Å². The quantitative estimate of drug-likeness (QED) is 0.729. The lowest BCUT2D eigenvalue weighted by molar-refractivity contribution is -0.127. The minimum Gasteiger partial charge on any atom is -0.341 e. The number of carbonyl (C=O) groups excluding carboxylic acids is 1. The lowest BCUT2D eigenvalue weighted by atomic mass is 9.70. The molecule has 1 saturated heterocycles. The summed E-state index contributed by atoms with van der Waals surface area (Å²) in [5.74, 6) is 1.85. The van der Waals surface area contributed by atoms with E-state index in [2.05, 4.69) is 29.5 Å². The van der Waals surface area contributed by atoms with E-state index in [0.29, 0.717) is 11.9 Å². The zero-order valence-electron chi connectivity index (χ0n) is 11.2. The molecule has 0 bridgehead atoms. The minimum absolute atomic E-state index is 0.108. The van der Waals surface area contributed by atoms with Gasteiger partial charge in [0.15, 0.2) is 5.96 Å². The van der Waals surface area contributed by atoms with Crippen molar-refractivity contribution in [2.24, 2.45) is 16.8 Å². The topological polar surface area (TPSA) is 53.5 Å². The molecule has 2 N–H and O–H groups in total. The van der Waals surface area contributed by atoms with Crippen molar-refractivity contribution in [3.8, 4) is 0 Å². The Kier molecular flexibility index (Phi) is 3.15. The maximum atomic E-state index is 12.2. The van der Waals surface area contributed by atoms with Gasteiger partial charge in [-0.15, -0.1) is 0 Å². The van der Waals surface area contributed by atoms with Gasteiger partial charge in [-0.25, -0.2) is 0 Å². The van der Waals surface area contributed by atoms with E-state index in [4.69, 9.17) is 0 Å². The van der Waals surface area contributed by atoms with Crippen LogP contribution in [-0.2, 0) is 4.79 Å². The third-order valence-electron chi connectivity index (χ3n) is 3.99. The third-order valence-corrected chi connectivity index (χ3v) is 3.99. The molecule has 3 unspecified atom stereocenters. The van der Waals surface area contributed by atoms with Crippen LogP contribution in [-0.4, -0.2) is 23.4 Å². The summed E-state index contributed by atoms with van der Waals surface area (Å²) in [7, 11) is 0. The van der Waals surface area contributed by atoms with Crippen LogP contribution in [0, 0.1) is 11.8 Å². The molecular weight excluding hydrogens is 214 g/mol. The molecule has 1 aliphatic heterocycles. The lowest BCUT2D eigenvalue weighted by Gasteiger charge is -2.39. The molecule has 17 heavy (non-hydrogen) atoms. The van der Waals surface area contributed by atoms with Crippen molar-refractivity contribution in [1.82, 2.24) is 10.6 Å². The summed E-state index contributed by atoms with van der Waals surface area (Å²) in [6, 6.07) is 0.200. The molecule has 2 aliphatic rings. The first-order valence-electron chi connectivity index (χ1n) is 6.61. The number of nitrogens with zero attached hydrogens (tertiary/aromatic N) is 1. The predicted octanol–water partition coefficient (Wildman–Crippen LogP) is 1.67. The number of hydrogen-bond donors (Lipinski definition) is 2. The average Bonchev–Trinajstić information content (AvgIpc) is 2.50. The van der Waals surface area contributed by atoms with Gasteiger partial charge in [-0.1, -0.05) is 13.8 Å². The SMILES string of the molecule is CC1CCC2(NC(=NC(C)C)NC2=O)C(C)C1. The molecule has 1 saturated carbocycles. The zero-order valence-corrected chi connectivity index (χ0v) is 11.2. The fourth-order valence-corrected chi connectivity index (χ4v) is 3.01. The molecule has 2 rings (SSSR count). The van der Waals surface area contributed by atoms with Crippen molar-refractivity contribution in [3.63, 3.8) is 0 Å². The van der Waals surface area contributed by atoms with E-state index >= 15 is 0 Å². The smallest absolute Gasteiger partial charge is 0.252 e. The normalized spacial score (nSPS) is 39.8. The van der Waals surface area contributed by atoms with E-state index in [-0.39, 0.29) is 11.9 Å². The highest BCUT2D eigenvalue weighted by atomic mass is 16.2. The molecule has 4 nitrogen and oxygen atoms in total. The summed E-state index contributed by atoms with van der Waals surface area (Å²) in [5.41, 5.74) is -0.403. The van der Waals surface area contributed by atoms with Gasteiger partial charge in [0.25, 0.3) is 5.91 Å². The maximum absolute atomic E-state index is 12.2. The molecule has 0 radical (unpaired) electrons. The number of amides is 1. The third kappa shape index (κ3) is 2.17. The highest BCUT2D eigenvalue weighted by Gasteiger charge is 2.51.